The maximum Gasteiger partial charge on any atom is 0 e. The molecule has 1 aromatic rings. The van der Waals surface area contributed by atoms with Crippen molar-refractivity contribution in [1.82, 2.24) is 4.98 Å². The Hall–Kier alpha value is -1.72. The summed E-state index contributed by atoms with van der Waals surface area (Å²) in [7, 11) is 0. The summed E-state index contributed by atoms with van der Waals surface area (Å²) in [6.07, 6.45) is 3.50. The van der Waals surface area contributed by atoms with Crippen LogP contribution in [0, 0.1) is 0 Å². The Morgan fingerprint density at radius 3 is 1.67 bits per heavy atom. The summed E-state index contributed by atoms with van der Waals surface area (Å²) < 4.78 is 0. The summed E-state index contributed by atoms with van der Waals surface area (Å²) in [6.45, 7) is 0. The van der Waals surface area contributed by atoms with Gasteiger partial charge in [-0.2, -0.15) is 12.4 Å². The third-order valence-electron chi connectivity index (χ3n) is 0.455. The van der Waals surface area contributed by atoms with E-state index in [-0.39, 0.29) is 0 Å². The van der Waals surface area contributed by atoms with Crippen LogP contribution >= 0.6 is 0 Å². The summed E-state index contributed by atoms with van der Waals surface area (Å²) in [5, 5.41) is 0. The third kappa shape index (κ3) is 0.347. The average Bonchev–Trinajstić information content (AvgIpc) is 1.76. The molecule has 0 aromatic carbocycles. The predicted molar refractivity (Wildman–Crippen MR) is 19.8 cm³/mol. The first-order valence-corrected chi connectivity index (χ1v) is 1.52. The fraction of sp³-hybridized carbons (Fsp3) is 0. The van der Waals surface area contributed by atoms with Gasteiger partial charge in [-0.3, -0.25) is 0 Å². The topological polar surface area (TPSA) is 14.1 Å². The van der Waals surface area contributed by atoms with Gasteiger partial charge >= 0.3 is 0 Å². The van der Waals surface area contributed by atoms with Crippen LogP contribution in [0.1, 0.15) is 0 Å². The van der Waals surface area contributed by atoms with Crippen LogP contribution in [0.25, 0.3) is 0 Å². The van der Waals surface area contributed by atoms with Crippen LogP contribution in [0.4, 0.5) is 0 Å². The fourth-order valence-electron chi connectivity index (χ4n) is 0.248. The Labute approximate surface area is 30.6 Å². The number of rotatable bonds is 0. The standard InChI is InChI=1S/C4H4N.Rf/c1-2-4-5-3-1;/h1-4H;/q-1;. The number of nitrogens with zero attached hydrogens (tertiary/aromatic N) is 1. The van der Waals surface area contributed by atoms with Gasteiger partial charge in [0.05, 0.1) is 0 Å². The third-order valence-corrected chi connectivity index (χ3v) is 0.455. The monoisotopic (exact) mass is 333 g/mol. The van der Waals surface area contributed by atoms with E-state index in [9.17, 15) is 0 Å². The van der Waals surface area contributed by atoms with Gasteiger partial charge in [0, 0.05) is 0 Å². The molecule has 1 nitrogen and oxygen atoms in total. The van der Waals surface area contributed by atoms with Gasteiger partial charge in [-0.25, -0.2) is 0 Å². The van der Waals surface area contributed by atoms with Crippen molar-refractivity contribution in [2.75, 3.05) is 0 Å². The predicted octanol–water partition coefficient (Wildman–Crippen LogP) is 0.644. The van der Waals surface area contributed by atoms with Crippen LogP contribution in [-0.2, 0) is 0 Å². The van der Waals surface area contributed by atoms with Gasteiger partial charge in [0.25, 0.3) is 0 Å². The molecule has 0 fully saturated rings. The summed E-state index contributed by atoms with van der Waals surface area (Å²) in [4.78, 5) is 3.72. The van der Waals surface area contributed by atoms with E-state index in [1.54, 1.807) is 12.4 Å². The minimum Gasteiger partial charge on any atom is -0.670 e. The quantitative estimate of drug-likeness (QED) is 0.680. The van der Waals surface area contributed by atoms with Gasteiger partial charge in [-0.1, -0.05) is 12.1 Å². The molecule has 0 atom stereocenters. The maximum absolute atomic E-state index is 3.72. The molecule has 0 amide bonds. The number of hydrogen-bond acceptors (Lipinski definition) is 0. The number of hydrogen-bond donors (Lipinski definition) is 0. The summed E-state index contributed by atoms with van der Waals surface area (Å²) in [5.41, 5.74) is 0. The molecule has 0 saturated heterocycles. The molecule has 28 valence electrons. The molecule has 1 heterocycles. The van der Waals surface area contributed by atoms with E-state index < -0.39 is 0 Å². The Kier molecular flexibility index (Phi) is 1.13. The van der Waals surface area contributed by atoms with E-state index in [0.29, 0.717) is 0 Å². The molecular formula is C4H4NRf-. The van der Waals surface area contributed by atoms with Crippen LogP contribution in [0.3, 0.4) is 0 Å². The van der Waals surface area contributed by atoms with Crippen molar-refractivity contribution in [2.24, 2.45) is 0 Å². The zero-order chi connectivity index (χ0) is 3.54. The first-order chi connectivity index (χ1) is 2.50. The Morgan fingerprint density at radius 1 is 1.00 bits per heavy atom. The average molecular weight is 333 g/mol. The van der Waals surface area contributed by atoms with Crippen LogP contribution in [0.2, 0.25) is 0 Å². The van der Waals surface area contributed by atoms with Crippen molar-refractivity contribution < 1.29 is 0 Å². The van der Waals surface area contributed by atoms with Crippen molar-refractivity contribution in [1.29, 1.82) is 0 Å². The van der Waals surface area contributed by atoms with E-state index in [1.165, 1.54) is 0 Å². The molecule has 0 saturated carbocycles. The first-order valence-electron chi connectivity index (χ1n) is 1.52. The van der Waals surface area contributed by atoms with Gasteiger partial charge in [-0.15, -0.1) is 0 Å². The second-order valence-electron chi connectivity index (χ2n) is 0.832. The Balaban J connectivity index is 0.000000250. The van der Waals surface area contributed by atoms with Crippen LogP contribution in [0.15, 0.2) is 24.5 Å². The largest absolute Gasteiger partial charge is 0.670 e. The van der Waals surface area contributed by atoms with E-state index >= 15 is 0 Å². The first kappa shape index (κ1) is 4.28. The second-order valence-corrected chi connectivity index (χ2v) is 0.832. The molecule has 6 heavy (non-hydrogen) atoms. The van der Waals surface area contributed by atoms with Crippen molar-refractivity contribution in [3.05, 3.63) is 24.5 Å². The molecule has 0 aliphatic carbocycles. The van der Waals surface area contributed by atoms with E-state index in [1.807, 2.05) is 12.1 Å². The molecule has 1 aromatic heterocycles. The molecule has 1 rings (SSSR count). The Morgan fingerprint density at radius 2 is 1.50 bits per heavy atom. The van der Waals surface area contributed by atoms with E-state index in [0.717, 1.165) is 0 Å². The fourth-order valence-corrected chi connectivity index (χ4v) is 0.248. The van der Waals surface area contributed by atoms with Crippen molar-refractivity contribution in [3.8, 4) is 0 Å². The molecule has 0 N–H and O–H groups in total. The van der Waals surface area contributed by atoms with E-state index in [2.05, 4.69) is 4.98 Å². The normalized spacial score (nSPS) is 6.67. The number of aromatic nitrogens is 1. The molecule has 2 heteroatoms. The maximum atomic E-state index is 3.72. The molecule has 0 radical (unpaired) electrons. The zero-order valence-electron chi connectivity index (χ0n) is 3.46. The molecule has 0 bridgehead atoms. The second kappa shape index (κ2) is 1.58. The van der Waals surface area contributed by atoms with Crippen LogP contribution < -0.4 is 4.98 Å². The molecule has 0 unspecified atom stereocenters. The van der Waals surface area contributed by atoms with E-state index in [4.69, 9.17) is 0 Å². The van der Waals surface area contributed by atoms with Gasteiger partial charge in [0.2, 0.25) is 0 Å². The van der Waals surface area contributed by atoms with Crippen LogP contribution in [0.5, 0.6) is 0 Å². The zero-order valence-corrected chi connectivity index (χ0v) is 9.86. The smallest absolute Gasteiger partial charge is 0 e. The van der Waals surface area contributed by atoms with Gasteiger partial charge < -0.3 is 4.98 Å². The molecular weight excluding hydrogens is 329 g/mol. The minimum absolute atomic E-state index is 0. The Bertz CT molecular complexity index is 64.0. The van der Waals surface area contributed by atoms with Gasteiger partial charge in [0.1, 0.15) is 0 Å². The molecule has 0 aliphatic rings. The van der Waals surface area contributed by atoms with Crippen LogP contribution in [-0.4, -0.2) is 0 Å². The van der Waals surface area contributed by atoms with Gasteiger partial charge in [-0.05, 0) is 0 Å². The minimum atomic E-state index is 0. The summed E-state index contributed by atoms with van der Waals surface area (Å²) in [6, 6.07) is 3.78. The SMILES string of the molecule is [Rf].c1cc[n-]c1. The summed E-state index contributed by atoms with van der Waals surface area (Å²) in [5.74, 6) is 0. The summed E-state index contributed by atoms with van der Waals surface area (Å²) >= 11 is 0. The molecule has 0 aliphatic heterocycles. The van der Waals surface area contributed by atoms with Crippen molar-refractivity contribution in [3.63, 3.8) is 0 Å². The van der Waals surface area contributed by atoms with Gasteiger partial charge in [0.15, 0.2) is 0 Å². The van der Waals surface area contributed by atoms with Crippen molar-refractivity contribution >= 4 is 0 Å². The van der Waals surface area contributed by atoms with Crippen molar-refractivity contribution in [2.45, 2.75) is 0 Å². The molecule has 0 spiro atoms.